The fraction of sp³-hybridized carbons (Fsp3) is 0. The van der Waals surface area contributed by atoms with E-state index < -0.39 is 5.82 Å². The molecule has 0 aliphatic rings. The van der Waals surface area contributed by atoms with Crippen LogP contribution in [-0.4, -0.2) is 11.3 Å². The summed E-state index contributed by atoms with van der Waals surface area (Å²) in [5.74, 6) is -0.356. The topological polar surface area (TPSA) is 43.1 Å². The Labute approximate surface area is 93.1 Å². The van der Waals surface area contributed by atoms with Gasteiger partial charge < -0.3 is 4.42 Å². The molecule has 5 heteroatoms. The zero-order chi connectivity index (χ0) is 10.8. The minimum absolute atomic E-state index is 0.0992. The quantitative estimate of drug-likeness (QED) is 0.787. The zero-order valence-electron chi connectivity index (χ0n) is 7.41. The Hall–Kier alpha value is -1.49. The first kappa shape index (κ1) is 10.0. The molecule has 0 fully saturated rings. The molecule has 0 N–H and O–H groups in total. The number of hydrogen-bond acceptors (Lipinski definition) is 3. The van der Waals surface area contributed by atoms with Gasteiger partial charge in [0.2, 0.25) is 5.89 Å². The highest BCUT2D eigenvalue weighted by molar-refractivity contribution is 9.10. The number of carbonyl (C=O) groups excluding carboxylic acids is 1. The maximum atomic E-state index is 13.4. The highest BCUT2D eigenvalue weighted by Gasteiger charge is 2.11. The second-order valence-electron chi connectivity index (χ2n) is 2.82. The maximum absolute atomic E-state index is 13.4. The average molecular weight is 270 g/mol. The Morgan fingerprint density at radius 3 is 2.87 bits per heavy atom. The van der Waals surface area contributed by atoms with Gasteiger partial charge >= 0.3 is 0 Å². The SMILES string of the molecule is O=Cc1coc(-c2ccc(Br)cc2F)n1. The van der Waals surface area contributed by atoms with Gasteiger partial charge in [0.05, 0.1) is 5.56 Å². The summed E-state index contributed by atoms with van der Waals surface area (Å²) in [6.07, 6.45) is 1.73. The monoisotopic (exact) mass is 269 g/mol. The third kappa shape index (κ3) is 1.97. The van der Waals surface area contributed by atoms with Crippen LogP contribution >= 0.6 is 15.9 Å². The molecule has 0 bridgehead atoms. The van der Waals surface area contributed by atoms with Gasteiger partial charge in [-0.05, 0) is 18.2 Å². The molecule has 0 aliphatic heterocycles. The Bertz CT molecular complexity index is 510. The highest BCUT2D eigenvalue weighted by Crippen LogP contribution is 2.24. The molecule has 15 heavy (non-hydrogen) atoms. The van der Waals surface area contributed by atoms with Gasteiger partial charge in [0.15, 0.2) is 6.29 Å². The van der Waals surface area contributed by atoms with Crippen molar-refractivity contribution in [2.45, 2.75) is 0 Å². The molecule has 2 rings (SSSR count). The third-order valence-electron chi connectivity index (χ3n) is 1.80. The largest absolute Gasteiger partial charge is 0.444 e. The zero-order valence-corrected chi connectivity index (χ0v) is 8.99. The van der Waals surface area contributed by atoms with Crippen LogP contribution in [0.15, 0.2) is 33.4 Å². The van der Waals surface area contributed by atoms with Crippen molar-refractivity contribution in [3.8, 4) is 11.5 Å². The Balaban J connectivity index is 2.49. The Morgan fingerprint density at radius 1 is 1.47 bits per heavy atom. The average Bonchev–Trinajstić information content (AvgIpc) is 2.66. The Morgan fingerprint density at radius 2 is 2.27 bits per heavy atom. The van der Waals surface area contributed by atoms with Crippen molar-refractivity contribution in [1.29, 1.82) is 0 Å². The summed E-state index contributed by atoms with van der Waals surface area (Å²) in [5, 5.41) is 0. The molecule has 2 aromatic rings. The molecule has 0 amide bonds. The smallest absolute Gasteiger partial charge is 0.229 e. The van der Waals surface area contributed by atoms with E-state index in [1.54, 1.807) is 6.07 Å². The number of halogens is 2. The molecular formula is C10H5BrFNO2. The van der Waals surface area contributed by atoms with E-state index in [4.69, 9.17) is 4.42 Å². The van der Waals surface area contributed by atoms with E-state index in [2.05, 4.69) is 20.9 Å². The van der Waals surface area contributed by atoms with Gasteiger partial charge in [-0.3, -0.25) is 4.79 Å². The van der Waals surface area contributed by atoms with Crippen molar-refractivity contribution in [1.82, 2.24) is 4.98 Å². The normalized spacial score (nSPS) is 10.3. The van der Waals surface area contributed by atoms with E-state index in [1.807, 2.05) is 0 Å². The fourth-order valence-electron chi connectivity index (χ4n) is 1.13. The fourth-order valence-corrected chi connectivity index (χ4v) is 1.46. The van der Waals surface area contributed by atoms with Crippen molar-refractivity contribution < 1.29 is 13.6 Å². The number of oxazole rings is 1. The number of aromatic nitrogens is 1. The lowest BCUT2D eigenvalue weighted by Gasteiger charge is -1.97. The number of benzene rings is 1. The number of carbonyl (C=O) groups is 1. The minimum atomic E-state index is -0.455. The molecule has 76 valence electrons. The molecule has 0 saturated carbocycles. The van der Waals surface area contributed by atoms with Crippen LogP contribution in [0.1, 0.15) is 10.5 Å². The van der Waals surface area contributed by atoms with Crippen molar-refractivity contribution in [3.05, 3.63) is 40.4 Å². The van der Waals surface area contributed by atoms with Crippen LogP contribution in [0, 0.1) is 5.82 Å². The van der Waals surface area contributed by atoms with Crippen molar-refractivity contribution in [2.24, 2.45) is 0 Å². The second-order valence-corrected chi connectivity index (χ2v) is 3.74. The summed E-state index contributed by atoms with van der Waals surface area (Å²) >= 11 is 3.14. The van der Waals surface area contributed by atoms with Gasteiger partial charge in [0, 0.05) is 4.47 Å². The molecule has 1 aromatic heterocycles. The third-order valence-corrected chi connectivity index (χ3v) is 2.30. The number of hydrogen-bond donors (Lipinski definition) is 0. The molecule has 1 heterocycles. The molecule has 0 atom stereocenters. The molecule has 0 spiro atoms. The van der Waals surface area contributed by atoms with Gasteiger partial charge in [-0.2, -0.15) is 0 Å². The minimum Gasteiger partial charge on any atom is -0.444 e. The van der Waals surface area contributed by atoms with Gasteiger partial charge in [-0.15, -0.1) is 0 Å². The lowest BCUT2D eigenvalue weighted by atomic mass is 10.2. The maximum Gasteiger partial charge on any atom is 0.229 e. The van der Waals surface area contributed by atoms with Crippen LogP contribution in [0.2, 0.25) is 0 Å². The predicted octanol–water partition coefficient (Wildman–Crippen LogP) is 3.06. The number of nitrogens with zero attached hydrogens (tertiary/aromatic N) is 1. The summed E-state index contributed by atoms with van der Waals surface area (Å²) in [6.45, 7) is 0. The summed E-state index contributed by atoms with van der Waals surface area (Å²) in [7, 11) is 0. The Kier molecular flexibility index (Phi) is 2.64. The van der Waals surface area contributed by atoms with E-state index in [9.17, 15) is 9.18 Å². The molecule has 0 radical (unpaired) electrons. The standard InChI is InChI=1S/C10H5BrFNO2/c11-6-1-2-8(9(12)3-6)10-13-7(4-14)5-15-10/h1-5H. The molecule has 0 aliphatic carbocycles. The van der Waals surface area contributed by atoms with E-state index in [-0.39, 0.29) is 17.1 Å². The first-order valence-electron chi connectivity index (χ1n) is 4.07. The van der Waals surface area contributed by atoms with Gasteiger partial charge in [-0.25, -0.2) is 9.37 Å². The molecule has 0 saturated heterocycles. The van der Waals surface area contributed by atoms with E-state index in [1.165, 1.54) is 18.4 Å². The second kappa shape index (κ2) is 3.94. The molecular weight excluding hydrogens is 265 g/mol. The van der Waals surface area contributed by atoms with Crippen LogP contribution in [0.5, 0.6) is 0 Å². The van der Waals surface area contributed by atoms with Crippen LogP contribution in [0.25, 0.3) is 11.5 Å². The van der Waals surface area contributed by atoms with Gasteiger partial charge in [0.1, 0.15) is 17.8 Å². The first-order valence-corrected chi connectivity index (χ1v) is 4.86. The molecule has 0 unspecified atom stereocenters. The van der Waals surface area contributed by atoms with Crippen LogP contribution in [0.3, 0.4) is 0 Å². The first-order chi connectivity index (χ1) is 7.20. The van der Waals surface area contributed by atoms with E-state index in [0.29, 0.717) is 10.8 Å². The van der Waals surface area contributed by atoms with Crippen LogP contribution < -0.4 is 0 Å². The van der Waals surface area contributed by atoms with Crippen molar-refractivity contribution >= 4 is 22.2 Å². The van der Waals surface area contributed by atoms with E-state index in [0.717, 1.165) is 0 Å². The predicted molar refractivity (Wildman–Crippen MR) is 55.0 cm³/mol. The molecule has 1 aromatic carbocycles. The van der Waals surface area contributed by atoms with Crippen molar-refractivity contribution in [2.75, 3.05) is 0 Å². The lowest BCUT2D eigenvalue weighted by Crippen LogP contribution is -1.85. The highest BCUT2D eigenvalue weighted by atomic mass is 79.9. The lowest BCUT2D eigenvalue weighted by molar-refractivity contribution is 0.111. The summed E-state index contributed by atoms with van der Waals surface area (Å²) < 4.78 is 19.0. The van der Waals surface area contributed by atoms with Crippen LogP contribution in [-0.2, 0) is 0 Å². The van der Waals surface area contributed by atoms with Crippen molar-refractivity contribution in [3.63, 3.8) is 0 Å². The summed E-state index contributed by atoms with van der Waals surface area (Å²) in [4.78, 5) is 14.2. The molecule has 3 nitrogen and oxygen atoms in total. The number of aldehydes is 1. The van der Waals surface area contributed by atoms with E-state index >= 15 is 0 Å². The number of rotatable bonds is 2. The van der Waals surface area contributed by atoms with Gasteiger partial charge in [0.25, 0.3) is 0 Å². The van der Waals surface area contributed by atoms with Gasteiger partial charge in [-0.1, -0.05) is 15.9 Å². The summed E-state index contributed by atoms with van der Waals surface area (Å²) in [5.41, 5.74) is 0.374. The van der Waals surface area contributed by atoms with Crippen LogP contribution in [0.4, 0.5) is 4.39 Å². The summed E-state index contributed by atoms with van der Waals surface area (Å²) in [6, 6.07) is 4.50.